The van der Waals surface area contributed by atoms with E-state index in [-0.39, 0.29) is 0 Å². The number of halogens is 3. The van der Waals surface area contributed by atoms with E-state index in [2.05, 4.69) is 273 Å². The fraction of sp³-hybridized carbons (Fsp3) is 0. The third kappa shape index (κ3) is 15.6. The van der Waals surface area contributed by atoms with E-state index in [1.54, 1.807) is 0 Å². The Labute approximate surface area is 402 Å². The van der Waals surface area contributed by atoms with Gasteiger partial charge in [-0.1, -0.05) is 0 Å². The molecule has 0 aromatic heterocycles. The molecule has 0 radical (unpaired) electrons. The molecule has 0 bridgehead atoms. The normalized spacial score (nSPS) is 10.6. The second kappa shape index (κ2) is 27.2. The average Bonchev–Trinajstić information content (AvgIpc) is 3.33. The molecule has 9 aromatic carbocycles. The summed E-state index contributed by atoms with van der Waals surface area (Å²) in [7, 11) is 14.8. The molecule has 0 N–H and O–H groups in total. The Morgan fingerprint density at radius 2 is 0.262 bits per heavy atom. The van der Waals surface area contributed by atoms with Gasteiger partial charge in [0.15, 0.2) is 0 Å². The Hall–Kier alpha value is -3.07. The summed E-state index contributed by atoms with van der Waals surface area (Å²) in [6.45, 7) is 0. The van der Waals surface area contributed by atoms with Gasteiger partial charge in [0.05, 0.1) is 0 Å². The van der Waals surface area contributed by atoms with Crippen molar-refractivity contribution < 1.29 is 13.0 Å². The summed E-state index contributed by atoms with van der Waals surface area (Å²) in [4.78, 5) is 0. The predicted molar refractivity (Wildman–Crippen MR) is 270 cm³/mol. The molecular weight excluding hydrogens is 1220 g/mol. The van der Waals surface area contributed by atoms with E-state index in [0.717, 1.165) is 0 Å². The molecule has 0 heterocycles. The van der Waals surface area contributed by atoms with Gasteiger partial charge in [0.2, 0.25) is 0 Å². The summed E-state index contributed by atoms with van der Waals surface area (Å²) in [6.07, 6.45) is 0. The van der Waals surface area contributed by atoms with Gasteiger partial charge < -0.3 is 0 Å². The van der Waals surface area contributed by atoms with Gasteiger partial charge in [0, 0.05) is 0 Å². The van der Waals surface area contributed by atoms with Crippen LogP contribution in [0.4, 0.5) is 0 Å². The van der Waals surface area contributed by atoms with Crippen LogP contribution in [0.3, 0.4) is 0 Å². The Morgan fingerprint density at radius 3 is 0.344 bits per heavy atom. The Morgan fingerprint density at radius 1 is 0.180 bits per heavy atom. The van der Waals surface area contributed by atoms with Gasteiger partial charge in [0.25, 0.3) is 0 Å². The van der Waals surface area contributed by atoms with E-state index in [0.29, 0.717) is 0 Å². The van der Waals surface area contributed by atoms with Crippen LogP contribution in [-0.4, -0.2) is 60.6 Å². The molecule has 0 fully saturated rings. The first-order valence-electron chi connectivity index (χ1n) is 19.6. The fourth-order valence-corrected chi connectivity index (χ4v) is 26.3. The van der Waals surface area contributed by atoms with Crippen molar-refractivity contribution in [3.05, 3.63) is 273 Å². The van der Waals surface area contributed by atoms with E-state index in [1.165, 1.54) is 31.6 Å². The molecule has 0 amide bonds. The third-order valence-corrected chi connectivity index (χ3v) is 30.1. The van der Waals surface area contributed by atoms with E-state index in [1.807, 2.05) is 0 Å². The van der Waals surface area contributed by atoms with Crippen molar-refractivity contribution in [1.82, 2.24) is 0 Å². The van der Waals surface area contributed by atoms with Crippen LogP contribution in [-0.2, 0) is 13.0 Å². The number of benzene rings is 9. The molecular formula is C54H45Cl3RhSb3. The standard InChI is InChI=1S/9C6H5.3ClH.Rh.3Sb/c9*1-2-4-6-5-3-1;;;;;;;/h9*1-5H;3*1H;;;;/q;;;;;;;;;;;;+3;;;/p-3. The van der Waals surface area contributed by atoms with Crippen LogP contribution < -0.4 is 31.6 Å². The second-order valence-corrected chi connectivity index (χ2v) is 39.6. The van der Waals surface area contributed by atoms with Crippen LogP contribution in [0.2, 0.25) is 0 Å². The molecule has 0 spiro atoms. The maximum absolute atomic E-state index is 4.94. The molecule has 9 rings (SSSR count). The van der Waals surface area contributed by atoms with Crippen LogP contribution in [0.5, 0.6) is 0 Å². The molecule has 0 unspecified atom stereocenters. The molecule has 0 aliphatic heterocycles. The SMILES string of the molecule is [Cl][Rh]([Cl])[Cl].c1cc[c]([Sb]([c]2ccccc2)[c]2ccccc2)cc1.c1cc[c]([Sb]([c]2ccccc2)[c]2ccccc2)cc1.c1cc[c]([Sb]([c]2ccccc2)[c]2ccccc2)cc1. The van der Waals surface area contributed by atoms with Gasteiger partial charge in [-0.2, -0.15) is 0 Å². The van der Waals surface area contributed by atoms with E-state index >= 15 is 0 Å². The number of hydrogen-bond donors (Lipinski definition) is 0. The predicted octanol–water partition coefficient (Wildman–Crippen LogP) is 8.67. The van der Waals surface area contributed by atoms with Crippen molar-refractivity contribution >= 4 is 121 Å². The van der Waals surface area contributed by atoms with Crippen molar-refractivity contribution in [2.45, 2.75) is 0 Å². The zero-order chi connectivity index (χ0) is 42.3. The van der Waals surface area contributed by atoms with E-state index in [4.69, 9.17) is 29.1 Å². The summed E-state index contributed by atoms with van der Waals surface area (Å²) >= 11 is -7.14. The molecule has 0 saturated carbocycles. The Kier molecular flexibility index (Phi) is 21.1. The zero-order valence-corrected chi connectivity index (χ0v) is 44.9. The first kappa shape index (κ1) is 47.4. The average molecular weight is 1270 g/mol. The first-order chi connectivity index (χ1) is 30.1. The Bertz CT molecular complexity index is 1930. The summed E-state index contributed by atoms with van der Waals surface area (Å²) in [5.41, 5.74) is 0. The third-order valence-electron chi connectivity index (χ3n) is 9.13. The molecule has 0 aliphatic rings. The molecule has 0 saturated heterocycles. The molecule has 7 heteroatoms. The van der Waals surface area contributed by atoms with Crippen molar-refractivity contribution in [2.75, 3.05) is 0 Å². The van der Waals surface area contributed by atoms with Crippen LogP contribution >= 0.6 is 29.1 Å². The van der Waals surface area contributed by atoms with Crippen LogP contribution in [0.1, 0.15) is 0 Å². The molecule has 0 aliphatic carbocycles. The molecule has 9 aromatic rings. The minimum atomic E-state index is -1.83. The summed E-state index contributed by atoms with van der Waals surface area (Å²) in [6, 6.07) is 98.6. The summed E-state index contributed by atoms with van der Waals surface area (Å²) < 4.78 is 13.6. The fourth-order valence-electron chi connectivity index (χ4n) is 6.54. The van der Waals surface area contributed by atoms with Gasteiger partial charge in [-0.3, -0.25) is 0 Å². The monoisotopic (exact) mass is 1260 g/mol. The van der Waals surface area contributed by atoms with Crippen LogP contribution in [0, 0.1) is 0 Å². The maximum atomic E-state index is 4.94. The minimum absolute atomic E-state index is 1.52. The van der Waals surface area contributed by atoms with Gasteiger partial charge >= 0.3 is 407 Å². The van der Waals surface area contributed by atoms with Crippen molar-refractivity contribution in [3.63, 3.8) is 0 Å². The van der Waals surface area contributed by atoms with E-state index < -0.39 is 73.6 Å². The van der Waals surface area contributed by atoms with Gasteiger partial charge in [-0.25, -0.2) is 0 Å². The second-order valence-electron chi connectivity index (χ2n) is 13.2. The molecule has 0 atom stereocenters. The van der Waals surface area contributed by atoms with Crippen molar-refractivity contribution in [3.8, 4) is 0 Å². The van der Waals surface area contributed by atoms with Gasteiger partial charge in [-0.05, 0) is 0 Å². The Balaban J connectivity index is 0.000000146. The van der Waals surface area contributed by atoms with E-state index in [9.17, 15) is 0 Å². The van der Waals surface area contributed by atoms with Crippen LogP contribution in [0.25, 0.3) is 0 Å². The molecule has 61 heavy (non-hydrogen) atoms. The quantitative estimate of drug-likeness (QED) is 0.127. The number of rotatable bonds is 9. The first-order valence-corrected chi connectivity index (χ1v) is 37.4. The zero-order valence-electron chi connectivity index (χ0n) is 33.3. The van der Waals surface area contributed by atoms with Gasteiger partial charge in [0.1, 0.15) is 0 Å². The topological polar surface area (TPSA) is 0 Å². The van der Waals surface area contributed by atoms with Gasteiger partial charge in [-0.15, -0.1) is 0 Å². The van der Waals surface area contributed by atoms with Crippen LogP contribution in [0.15, 0.2) is 273 Å². The summed E-state index contributed by atoms with van der Waals surface area (Å²) in [5, 5.41) is 0. The van der Waals surface area contributed by atoms with Crippen molar-refractivity contribution in [1.29, 1.82) is 0 Å². The van der Waals surface area contributed by atoms with Crippen molar-refractivity contribution in [2.24, 2.45) is 0 Å². The number of hydrogen-bond acceptors (Lipinski definition) is 0. The molecule has 0 nitrogen and oxygen atoms in total. The summed E-state index contributed by atoms with van der Waals surface area (Å²) in [5.74, 6) is 0. The molecule has 306 valence electrons.